The minimum Gasteiger partial charge on any atom is -0.336 e. The zero-order valence-corrected chi connectivity index (χ0v) is 11.6. The molecule has 2 rings (SSSR count). The molecule has 0 aliphatic rings. The molecule has 2 aromatic rings. The van der Waals surface area contributed by atoms with Gasteiger partial charge in [-0.2, -0.15) is 5.10 Å². The number of aryl methyl sites for hydroxylation is 2. The summed E-state index contributed by atoms with van der Waals surface area (Å²) in [5.74, 6) is 1.02. The first-order valence-electron chi connectivity index (χ1n) is 6.33. The maximum Gasteiger partial charge on any atom is 0.130 e. The summed E-state index contributed by atoms with van der Waals surface area (Å²) in [4.78, 5) is 4.34. The Labute approximate surface area is 108 Å². The molecule has 0 aliphatic heterocycles. The molecule has 0 spiro atoms. The van der Waals surface area contributed by atoms with Crippen molar-refractivity contribution in [2.75, 3.05) is 6.54 Å². The van der Waals surface area contributed by atoms with Crippen LogP contribution in [-0.2, 0) is 20.1 Å². The fourth-order valence-corrected chi connectivity index (χ4v) is 2.08. The minimum atomic E-state index is 0.725. The van der Waals surface area contributed by atoms with Crippen molar-refractivity contribution >= 4 is 0 Å². The highest BCUT2D eigenvalue weighted by Crippen LogP contribution is 2.13. The number of nitrogens with zero attached hydrogens (tertiary/aromatic N) is 4. The van der Waals surface area contributed by atoms with E-state index in [1.165, 1.54) is 11.3 Å². The van der Waals surface area contributed by atoms with Gasteiger partial charge in [0.25, 0.3) is 0 Å². The number of hydrogen-bond acceptors (Lipinski definition) is 3. The van der Waals surface area contributed by atoms with Crippen LogP contribution in [0.25, 0.3) is 0 Å². The maximum atomic E-state index is 4.60. The second-order valence-electron chi connectivity index (χ2n) is 4.54. The number of hydrogen-bond donors (Lipinski definition) is 1. The van der Waals surface area contributed by atoms with Gasteiger partial charge >= 0.3 is 0 Å². The Morgan fingerprint density at radius 3 is 2.72 bits per heavy atom. The van der Waals surface area contributed by atoms with Crippen molar-refractivity contribution in [3.8, 4) is 0 Å². The zero-order chi connectivity index (χ0) is 13.1. The van der Waals surface area contributed by atoms with Crippen LogP contribution >= 0.6 is 0 Å². The maximum absolute atomic E-state index is 4.60. The molecule has 1 N–H and O–H groups in total. The Balaban J connectivity index is 2.22. The quantitative estimate of drug-likeness (QED) is 0.868. The number of aromatic nitrogens is 4. The molecule has 98 valence electrons. The largest absolute Gasteiger partial charge is 0.336 e. The Morgan fingerprint density at radius 1 is 1.33 bits per heavy atom. The first kappa shape index (κ1) is 12.8. The summed E-state index contributed by atoms with van der Waals surface area (Å²) < 4.78 is 4.06. The van der Waals surface area contributed by atoms with Crippen LogP contribution in [0.15, 0.2) is 12.4 Å². The summed E-state index contributed by atoms with van der Waals surface area (Å²) in [6.07, 6.45) is 3.78. The molecule has 0 aliphatic carbocycles. The van der Waals surface area contributed by atoms with Crippen molar-refractivity contribution in [2.24, 2.45) is 7.05 Å². The molecule has 0 fully saturated rings. The first-order valence-corrected chi connectivity index (χ1v) is 6.33. The Morgan fingerprint density at radius 2 is 2.11 bits per heavy atom. The van der Waals surface area contributed by atoms with E-state index in [4.69, 9.17) is 0 Å². The zero-order valence-electron chi connectivity index (χ0n) is 11.6. The summed E-state index contributed by atoms with van der Waals surface area (Å²) in [5, 5.41) is 7.96. The van der Waals surface area contributed by atoms with Crippen molar-refractivity contribution in [1.29, 1.82) is 0 Å². The summed E-state index contributed by atoms with van der Waals surface area (Å²) in [6.45, 7) is 8.88. The molecule has 5 nitrogen and oxygen atoms in total. The molecule has 0 aromatic carbocycles. The van der Waals surface area contributed by atoms with E-state index in [2.05, 4.69) is 36.2 Å². The smallest absolute Gasteiger partial charge is 0.130 e. The van der Waals surface area contributed by atoms with Gasteiger partial charge < -0.3 is 9.88 Å². The third-order valence-corrected chi connectivity index (χ3v) is 3.30. The predicted molar refractivity (Wildman–Crippen MR) is 71.4 cm³/mol. The standard InChI is InChI=1S/C13H21N5/c1-5-14-8-12-10(2)16-18(11(12)3)9-13-15-6-7-17(13)4/h6-7,14H,5,8-9H2,1-4H3. The Kier molecular flexibility index (Phi) is 3.81. The lowest BCUT2D eigenvalue weighted by Crippen LogP contribution is -2.13. The van der Waals surface area contributed by atoms with Gasteiger partial charge in [-0.3, -0.25) is 4.68 Å². The summed E-state index contributed by atoms with van der Waals surface area (Å²) >= 11 is 0. The molecule has 0 radical (unpaired) electrons. The highest BCUT2D eigenvalue weighted by Gasteiger charge is 2.12. The third-order valence-electron chi connectivity index (χ3n) is 3.30. The van der Waals surface area contributed by atoms with E-state index in [9.17, 15) is 0 Å². The highest BCUT2D eigenvalue weighted by atomic mass is 15.3. The van der Waals surface area contributed by atoms with E-state index in [0.29, 0.717) is 0 Å². The molecule has 0 bridgehead atoms. The van der Waals surface area contributed by atoms with Crippen molar-refractivity contribution in [1.82, 2.24) is 24.6 Å². The molecule has 0 atom stereocenters. The summed E-state index contributed by atoms with van der Waals surface area (Å²) in [5.41, 5.74) is 3.62. The van der Waals surface area contributed by atoms with Gasteiger partial charge in [0, 0.05) is 37.2 Å². The van der Waals surface area contributed by atoms with Gasteiger partial charge in [-0.05, 0) is 20.4 Å². The van der Waals surface area contributed by atoms with Crippen LogP contribution in [0.3, 0.4) is 0 Å². The second-order valence-corrected chi connectivity index (χ2v) is 4.54. The third kappa shape index (κ3) is 2.46. The summed E-state index contributed by atoms with van der Waals surface area (Å²) in [7, 11) is 2.01. The second kappa shape index (κ2) is 5.35. The molecule has 2 aromatic heterocycles. The molecular weight excluding hydrogens is 226 g/mol. The van der Waals surface area contributed by atoms with Gasteiger partial charge in [-0.15, -0.1) is 0 Å². The molecule has 0 amide bonds. The lowest BCUT2D eigenvalue weighted by atomic mass is 10.2. The van der Waals surface area contributed by atoms with Crippen molar-refractivity contribution in [3.63, 3.8) is 0 Å². The van der Waals surface area contributed by atoms with Crippen molar-refractivity contribution in [2.45, 2.75) is 33.9 Å². The minimum absolute atomic E-state index is 0.725. The van der Waals surface area contributed by atoms with E-state index >= 15 is 0 Å². The fraction of sp³-hybridized carbons (Fsp3) is 0.538. The SMILES string of the molecule is CCNCc1c(C)nn(Cc2nccn2C)c1C. The average molecular weight is 247 g/mol. The monoisotopic (exact) mass is 247 g/mol. The van der Waals surface area contributed by atoms with Gasteiger partial charge in [-0.25, -0.2) is 4.98 Å². The van der Waals surface area contributed by atoms with Crippen LogP contribution in [-0.4, -0.2) is 25.9 Å². The van der Waals surface area contributed by atoms with Gasteiger partial charge in [0.05, 0.1) is 12.2 Å². The van der Waals surface area contributed by atoms with Crippen molar-refractivity contribution in [3.05, 3.63) is 35.2 Å². The number of rotatable bonds is 5. The number of imidazole rings is 1. The lowest BCUT2D eigenvalue weighted by Gasteiger charge is -2.06. The van der Waals surface area contributed by atoms with Crippen molar-refractivity contribution < 1.29 is 0 Å². The normalized spacial score (nSPS) is 11.1. The Hall–Kier alpha value is -1.62. The van der Waals surface area contributed by atoms with Crippen LogP contribution in [0.1, 0.15) is 29.7 Å². The van der Waals surface area contributed by atoms with Gasteiger partial charge in [-0.1, -0.05) is 6.92 Å². The van der Waals surface area contributed by atoms with Crippen LogP contribution in [0, 0.1) is 13.8 Å². The fourth-order valence-electron chi connectivity index (χ4n) is 2.08. The molecule has 5 heteroatoms. The molecule has 0 unspecified atom stereocenters. The lowest BCUT2D eigenvalue weighted by molar-refractivity contribution is 0.610. The van der Waals surface area contributed by atoms with Gasteiger partial charge in [0.15, 0.2) is 0 Å². The van der Waals surface area contributed by atoms with Crippen LogP contribution in [0.2, 0.25) is 0 Å². The molecule has 0 saturated heterocycles. The van der Waals surface area contributed by atoms with Crippen LogP contribution in [0.4, 0.5) is 0 Å². The van der Waals surface area contributed by atoms with E-state index < -0.39 is 0 Å². The van der Waals surface area contributed by atoms with E-state index in [0.717, 1.165) is 31.2 Å². The average Bonchev–Trinajstić information content (AvgIpc) is 2.84. The Bertz CT molecular complexity index is 523. The molecule has 2 heterocycles. The van der Waals surface area contributed by atoms with Crippen LogP contribution < -0.4 is 5.32 Å². The molecular formula is C13H21N5. The van der Waals surface area contributed by atoms with E-state index in [1.54, 1.807) is 0 Å². The first-order chi connectivity index (χ1) is 8.63. The topological polar surface area (TPSA) is 47.7 Å². The van der Waals surface area contributed by atoms with Gasteiger partial charge in [0.2, 0.25) is 0 Å². The highest BCUT2D eigenvalue weighted by molar-refractivity contribution is 5.24. The van der Waals surface area contributed by atoms with Crippen LogP contribution in [0.5, 0.6) is 0 Å². The van der Waals surface area contributed by atoms with E-state index in [-0.39, 0.29) is 0 Å². The van der Waals surface area contributed by atoms with Gasteiger partial charge in [0.1, 0.15) is 5.82 Å². The van der Waals surface area contributed by atoms with E-state index in [1.807, 2.05) is 28.7 Å². The summed E-state index contributed by atoms with van der Waals surface area (Å²) in [6, 6.07) is 0. The molecule has 18 heavy (non-hydrogen) atoms. The molecule has 0 saturated carbocycles. The predicted octanol–water partition coefficient (Wildman–Crippen LogP) is 1.39. The number of nitrogens with one attached hydrogen (secondary N) is 1.